The number of nitrogens with two attached hydrogens (primary N) is 1. The molecule has 106 valence electrons. The van der Waals surface area contributed by atoms with Crippen LogP contribution in [-0.4, -0.2) is 15.9 Å². The van der Waals surface area contributed by atoms with E-state index in [2.05, 4.69) is 42.8 Å². The van der Waals surface area contributed by atoms with Crippen LogP contribution in [0.5, 0.6) is 0 Å². The van der Waals surface area contributed by atoms with E-state index in [9.17, 15) is 0 Å². The molecule has 2 N–H and O–H groups in total. The summed E-state index contributed by atoms with van der Waals surface area (Å²) < 4.78 is 0. The van der Waals surface area contributed by atoms with Gasteiger partial charge < -0.3 is 5.73 Å². The lowest BCUT2D eigenvalue weighted by molar-refractivity contribution is 0.204. The van der Waals surface area contributed by atoms with E-state index >= 15 is 0 Å². The summed E-state index contributed by atoms with van der Waals surface area (Å²) in [5, 5.41) is 0. The number of nitrogens with zero attached hydrogens (tertiary/aromatic N) is 2. The summed E-state index contributed by atoms with van der Waals surface area (Å²) in [4.78, 5) is 6.67. The fourth-order valence-corrected chi connectivity index (χ4v) is 2.26. The fraction of sp³-hybridized carbons (Fsp3) is 0.353. The monoisotopic (exact) mass is 269 g/mol. The number of anilines is 1. The number of para-hydroxylation sites is 1. The van der Waals surface area contributed by atoms with Crippen LogP contribution in [0, 0.1) is 6.92 Å². The molecule has 0 fully saturated rings. The molecular weight excluding hydrogens is 246 g/mol. The molecule has 2 rings (SSSR count). The zero-order valence-corrected chi connectivity index (χ0v) is 12.5. The number of hydrogen-bond donors (Lipinski definition) is 1. The summed E-state index contributed by atoms with van der Waals surface area (Å²) in [6.45, 7) is 8.25. The molecular formula is C17H23N3. The van der Waals surface area contributed by atoms with Gasteiger partial charge in [-0.2, -0.15) is 0 Å². The minimum atomic E-state index is 0.454. The Morgan fingerprint density at radius 2 is 1.90 bits per heavy atom. The molecule has 0 unspecified atom stereocenters. The lowest BCUT2D eigenvalue weighted by atomic mass is 10.1. The quantitative estimate of drug-likeness (QED) is 0.846. The zero-order chi connectivity index (χ0) is 14.5. The van der Waals surface area contributed by atoms with Crippen molar-refractivity contribution in [2.24, 2.45) is 0 Å². The Bertz CT molecular complexity index is 564. The zero-order valence-electron chi connectivity index (χ0n) is 12.5. The molecule has 0 radical (unpaired) electrons. The van der Waals surface area contributed by atoms with Gasteiger partial charge >= 0.3 is 0 Å². The van der Waals surface area contributed by atoms with Gasteiger partial charge in [-0.15, -0.1) is 0 Å². The molecule has 1 aromatic carbocycles. The highest BCUT2D eigenvalue weighted by Gasteiger charge is 2.12. The summed E-state index contributed by atoms with van der Waals surface area (Å²) in [6.07, 6.45) is 3.83. The number of rotatable bonds is 5. The van der Waals surface area contributed by atoms with Crippen molar-refractivity contribution in [3.8, 4) is 0 Å². The number of aryl methyl sites for hydroxylation is 1. The second-order valence-corrected chi connectivity index (χ2v) is 5.57. The van der Waals surface area contributed by atoms with Gasteiger partial charge in [-0.1, -0.05) is 24.3 Å². The first-order valence-corrected chi connectivity index (χ1v) is 7.04. The standard InChI is InChI=1S/C17H23N3/c1-13(2)20(11-15-8-14(3)9-19-10-15)12-16-6-4-5-7-17(16)18/h4-10,13H,11-12,18H2,1-3H3. The SMILES string of the molecule is Cc1cncc(CN(Cc2ccccc2N)C(C)C)c1. The number of benzene rings is 1. The molecule has 0 saturated carbocycles. The third kappa shape index (κ3) is 3.81. The molecule has 0 bridgehead atoms. The highest BCUT2D eigenvalue weighted by atomic mass is 15.1. The van der Waals surface area contributed by atoms with E-state index in [1.807, 2.05) is 30.6 Å². The normalized spacial score (nSPS) is 11.2. The number of aromatic nitrogens is 1. The van der Waals surface area contributed by atoms with Gasteiger partial charge in [-0.25, -0.2) is 0 Å². The van der Waals surface area contributed by atoms with Gasteiger partial charge in [0.15, 0.2) is 0 Å². The van der Waals surface area contributed by atoms with Crippen molar-refractivity contribution >= 4 is 5.69 Å². The molecule has 3 nitrogen and oxygen atoms in total. The Balaban J connectivity index is 2.14. The largest absolute Gasteiger partial charge is 0.398 e. The van der Waals surface area contributed by atoms with Gasteiger partial charge in [0, 0.05) is 37.2 Å². The van der Waals surface area contributed by atoms with E-state index < -0.39 is 0 Å². The maximum Gasteiger partial charge on any atom is 0.0359 e. The molecule has 0 amide bonds. The Morgan fingerprint density at radius 3 is 2.55 bits per heavy atom. The first-order chi connectivity index (χ1) is 9.56. The Labute approximate surface area is 121 Å². The Kier molecular flexibility index (Phi) is 4.74. The maximum absolute atomic E-state index is 6.05. The van der Waals surface area contributed by atoms with Crippen LogP contribution in [0.4, 0.5) is 5.69 Å². The Hall–Kier alpha value is -1.87. The van der Waals surface area contributed by atoms with E-state index in [1.165, 1.54) is 16.7 Å². The Morgan fingerprint density at radius 1 is 1.15 bits per heavy atom. The van der Waals surface area contributed by atoms with Crippen LogP contribution in [0.1, 0.15) is 30.5 Å². The van der Waals surface area contributed by atoms with Crippen molar-refractivity contribution in [1.29, 1.82) is 0 Å². The second kappa shape index (κ2) is 6.53. The van der Waals surface area contributed by atoms with E-state index in [-0.39, 0.29) is 0 Å². The van der Waals surface area contributed by atoms with Crippen LogP contribution >= 0.6 is 0 Å². The number of nitrogen functional groups attached to an aromatic ring is 1. The topological polar surface area (TPSA) is 42.2 Å². The van der Waals surface area contributed by atoms with E-state index in [4.69, 9.17) is 5.73 Å². The molecule has 3 heteroatoms. The molecule has 0 aliphatic heterocycles. The highest BCUT2D eigenvalue weighted by Crippen LogP contribution is 2.17. The molecule has 1 aromatic heterocycles. The van der Waals surface area contributed by atoms with Crippen molar-refractivity contribution in [3.05, 3.63) is 59.4 Å². The lowest BCUT2D eigenvalue weighted by Gasteiger charge is -2.27. The summed E-state index contributed by atoms with van der Waals surface area (Å²) in [6, 6.07) is 10.7. The van der Waals surface area contributed by atoms with Gasteiger partial charge in [0.05, 0.1) is 0 Å². The van der Waals surface area contributed by atoms with Crippen LogP contribution in [-0.2, 0) is 13.1 Å². The van der Waals surface area contributed by atoms with Gasteiger partial charge in [0.25, 0.3) is 0 Å². The molecule has 20 heavy (non-hydrogen) atoms. The molecule has 0 atom stereocenters. The van der Waals surface area contributed by atoms with Gasteiger partial charge in [0.2, 0.25) is 0 Å². The first-order valence-electron chi connectivity index (χ1n) is 7.04. The van der Waals surface area contributed by atoms with Crippen LogP contribution < -0.4 is 5.73 Å². The predicted octanol–water partition coefficient (Wildman–Crippen LogP) is 3.38. The van der Waals surface area contributed by atoms with Crippen molar-refractivity contribution in [2.45, 2.75) is 39.9 Å². The lowest BCUT2D eigenvalue weighted by Crippen LogP contribution is -2.30. The maximum atomic E-state index is 6.05. The van der Waals surface area contributed by atoms with Crippen LogP contribution in [0.25, 0.3) is 0 Å². The van der Waals surface area contributed by atoms with E-state index in [0.29, 0.717) is 6.04 Å². The third-order valence-corrected chi connectivity index (χ3v) is 3.48. The molecule has 0 spiro atoms. The van der Waals surface area contributed by atoms with Gasteiger partial charge in [0.1, 0.15) is 0 Å². The fourth-order valence-electron chi connectivity index (χ4n) is 2.26. The van der Waals surface area contributed by atoms with Crippen molar-refractivity contribution in [2.75, 3.05) is 5.73 Å². The van der Waals surface area contributed by atoms with Crippen molar-refractivity contribution in [1.82, 2.24) is 9.88 Å². The average Bonchev–Trinajstić information content (AvgIpc) is 2.40. The number of pyridine rings is 1. The van der Waals surface area contributed by atoms with Crippen molar-refractivity contribution < 1.29 is 0 Å². The summed E-state index contributed by atoms with van der Waals surface area (Å²) in [7, 11) is 0. The third-order valence-electron chi connectivity index (χ3n) is 3.48. The van der Waals surface area contributed by atoms with Gasteiger partial charge in [-0.3, -0.25) is 9.88 Å². The molecule has 1 heterocycles. The van der Waals surface area contributed by atoms with Crippen LogP contribution in [0.2, 0.25) is 0 Å². The van der Waals surface area contributed by atoms with Gasteiger partial charge in [-0.05, 0) is 43.5 Å². The molecule has 2 aromatic rings. The van der Waals surface area contributed by atoms with Crippen LogP contribution in [0.15, 0.2) is 42.7 Å². The van der Waals surface area contributed by atoms with Crippen molar-refractivity contribution in [3.63, 3.8) is 0 Å². The van der Waals surface area contributed by atoms with E-state index in [1.54, 1.807) is 0 Å². The summed E-state index contributed by atoms with van der Waals surface area (Å²) in [5.74, 6) is 0. The van der Waals surface area contributed by atoms with E-state index in [0.717, 1.165) is 18.8 Å². The molecule has 0 aliphatic carbocycles. The summed E-state index contributed by atoms with van der Waals surface area (Å²) >= 11 is 0. The minimum absolute atomic E-state index is 0.454. The summed E-state index contributed by atoms with van der Waals surface area (Å²) in [5.41, 5.74) is 10.5. The minimum Gasteiger partial charge on any atom is -0.398 e. The second-order valence-electron chi connectivity index (χ2n) is 5.57. The smallest absolute Gasteiger partial charge is 0.0359 e. The first kappa shape index (κ1) is 14.5. The molecule has 0 saturated heterocycles. The average molecular weight is 269 g/mol. The molecule has 0 aliphatic rings. The number of hydrogen-bond acceptors (Lipinski definition) is 3. The van der Waals surface area contributed by atoms with Crippen LogP contribution in [0.3, 0.4) is 0 Å². The predicted molar refractivity (Wildman–Crippen MR) is 84.2 cm³/mol. The highest BCUT2D eigenvalue weighted by molar-refractivity contribution is 5.46.